The van der Waals surface area contributed by atoms with Gasteiger partial charge in [-0.2, -0.15) is 0 Å². The molecule has 1 fully saturated rings. The lowest BCUT2D eigenvalue weighted by atomic mass is 9.87. The van der Waals surface area contributed by atoms with Gasteiger partial charge in [0.1, 0.15) is 30.0 Å². The van der Waals surface area contributed by atoms with Crippen molar-refractivity contribution in [2.75, 3.05) is 33.9 Å². The van der Waals surface area contributed by atoms with E-state index in [1.54, 1.807) is 55.5 Å². The molecule has 41 heavy (non-hydrogen) atoms. The van der Waals surface area contributed by atoms with Crippen molar-refractivity contribution in [3.8, 4) is 0 Å². The normalized spacial score (nSPS) is 23.7. The van der Waals surface area contributed by atoms with Gasteiger partial charge in [0, 0.05) is 12.5 Å². The fraction of sp³-hybridized carbons (Fsp3) is 0.731. The Hall–Kier alpha value is -3.59. The summed E-state index contributed by atoms with van der Waals surface area (Å²) in [5.41, 5.74) is -1.69. The van der Waals surface area contributed by atoms with E-state index in [0.29, 0.717) is 6.54 Å². The third kappa shape index (κ3) is 11.1. The SMILES string of the molecule is CNCCO[C@@H]([C@@H]1OC(C(=O)OC)=C[C@H](N/C(=N/C(=O)OC(C)(C)C)NC(=O)OC(C)(C)C)[C@H]1C)[C@H]1COC(=O)O1. The quantitative estimate of drug-likeness (QED) is 0.124. The number of ether oxygens (including phenoxy) is 7. The molecule has 0 unspecified atom stereocenters. The van der Waals surface area contributed by atoms with E-state index >= 15 is 0 Å². The van der Waals surface area contributed by atoms with E-state index in [0.717, 1.165) is 0 Å². The number of rotatable bonds is 8. The third-order valence-corrected chi connectivity index (χ3v) is 5.55. The molecule has 0 aromatic carbocycles. The Kier molecular flexibility index (Phi) is 11.8. The molecule has 15 nitrogen and oxygen atoms in total. The summed E-state index contributed by atoms with van der Waals surface area (Å²) in [5.74, 6) is -1.77. The molecule has 2 heterocycles. The van der Waals surface area contributed by atoms with E-state index in [1.165, 1.54) is 13.2 Å². The van der Waals surface area contributed by atoms with E-state index < -0.39 is 65.8 Å². The lowest BCUT2D eigenvalue weighted by Gasteiger charge is -2.40. The zero-order chi connectivity index (χ0) is 31.0. The van der Waals surface area contributed by atoms with Gasteiger partial charge in [-0.1, -0.05) is 6.92 Å². The Morgan fingerprint density at radius 2 is 1.76 bits per heavy atom. The van der Waals surface area contributed by atoms with Crippen molar-refractivity contribution in [3.05, 3.63) is 11.8 Å². The fourth-order valence-electron chi connectivity index (χ4n) is 3.81. The highest BCUT2D eigenvalue weighted by atomic mass is 16.8. The summed E-state index contributed by atoms with van der Waals surface area (Å²) >= 11 is 0. The van der Waals surface area contributed by atoms with Gasteiger partial charge in [-0.15, -0.1) is 4.99 Å². The minimum Gasteiger partial charge on any atom is -0.480 e. The maximum atomic E-state index is 12.6. The number of amides is 2. The summed E-state index contributed by atoms with van der Waals surface area (Å²) in [6.45, 7) is 12.4. The van der Waals surface area contributed by atoms with Crippen molar-refractivity contribution < 1.29 is 52.3 Å². The fourth-order valence-corrected chi connectivity index (χ4v) is 3.81. The summed E-state index contributed by atoms with van der Waals surface area (Å²) in [5, 5.41) is 8.35. The van der Waals surface area contributed by atoms with Gasteiger partial charge >= 0.3 is 24.3 Å². The largest absolute Gasteiger partial charge is 0.508 e. The molecule has 0 aromatic rings. The van der Waals surface area contributed by atoms with E-state index in [2.05, 4.69) is 20.9 Å². The van der Waals surface area contributed by atoms with E-state index in [1.807, 2.05) is 0 Å². The minimum absolute atomic E-state index is 0.0868. The first kappa shape index (κ1) is 33.6. The number of alkyl carbamates (subject to hydrolysis) is 1. The topological polar surface area (TPSA) is 181 Å². The van der Waals surface area contributed by atoms with Crippen LogP contribution < -0.4 is 16.0 Å². The second kappa shape index (κ2) is 14.3. The molecule has 0 radical (unpaired) electrons. The van der Waals surface area contributed by atoms with Crippen LogP contribution in [0.5, 0.6) is 0 Å². The number of nitrogens with one attached hydrogen (secondary N) is 3. The number of nitrogens with zero attached hydrogens (tertiary/aromatic N) is 1. The van der Waals surface area contributed by atoms with Gasteiger partial charge in [0.2, 0.25) is 11.7 Å². The predicted molar refractivity (Wildman–Crippen MR) is 144 cm³/mol. The molecule has 0 bridgehead atoms. The van der Waals surface area contributed by atoms with Crippen molar-refractivity contribution in [2.45, 2.75) is 84.0 Å². The number of cyclic esters (lactones) is 2. The molecule has 0 spiro atoms. The number of carbonyl (C=O) groups is 4. The van der Waals surface area contributed by atoms with Crippen LogP contribution in [0.1, 0.15) is 48.5 Å². The van der Waals surface area contributed by atoms with Crippen LogP contribution in [-0.4, -0.2) is 99.7 Å². The predicted octanol–water partition coefficient (Wildman–Crippen LogP) is 1.99. The number of carbonyl (C=O) groups excluding carboxylic acids is 4. The zero-order valence-corrected chi connectivity index (χ0v) is 25.0. The maximum absolute atomic E-state index is 12.6. The van der Waals surface area contributed by atoms with Gasteiger partial charge in [0.05, 0.1) is 19.8 Å². The van der Waals surface area contributed by atoms with Crippen LogP contribution in [0, 0.1) is 5.92 Å². The van der Waals surface area contributed by atoms with Gasteiger partial charge in [0.25, 0.3) is 0 Å². The number of methoxy groups -OCH3 is 1. The Morgan fingerprint density at radius 1 is 1.10 bits per heavy atom. The molecule has 2 aliphatic heterocycles. The molecular formula is C26H42N4O11. The number of esters is 1. The standard InChI is InChI=1S/C26H42N4O11/c1-14-15(28-21(29-22(32)40-25(2,3)4)30-23(33)41-26(5,6)7)12-16(20(31)35-9)38-18(14)19(36-11-10-27-8)17-13-37-24(34)39-17/h12,14-15,17-19,27H,10-11,13H2,1-9H3,(H2,28,29,30,32,33)/t14-,15+,17-,18-,19-/m1/s1. The first-order chi connectivity index (χ1) is 19.0. The summed E-state index contributed by atoms with van der Waals surface area (Å²) in [4.78, 5) is 53.3. The van der Waals surface area contributed by atoms with Crippen molar-refractivity contribution in [3.63, 3.8) is 0 Å². The van der Waals surface area contributed by atoms with Crippen molar-refractivity contribution in [1.29, 1.82) is 0 Å². The van der Waals surface area contributed by atoms with Crippen LogP contribution in [-0.2, 0) is 38.0 Å². The maximum Gasteiger partial charge on any atom is 0.508 e. The van der Waals surface area contributed by atoms with E-state index in [-0.39, 0.29) is 24.9 Å². The lowest BCUT2D eigenvalue weighted by Crippen LogP contribution is -2.56. The van der Waals surface area contributed by atoms with Crippen LogP contribution in [0.4, 0.5) is 14.4 Å². The molecule has 0 aromatic heterocycles. The summed E-state index contributed by atoms with van der Waals surface area (Å²) in [6, 6.07) is -0.785. The summed E-state index contributed by atoms with van der Waals surface area (Å²) < 4.78 is 37.8. The van der Waals surface area contributed by atoms with E-state index in [9.17, 15) is 19.2 Å². The first-order valence-electron chi connectivity index (χ1n) is 13.2. The lowest BCUT2D eigenvalue weighted by molar-refractivity contribution is -0.152. The molecule has 2 amide bonds. The van der Waals surface area contributed by atoms with Crippen LogP contribution in [0.25, 0.3) is 0 Å². The monoisotopic (exact) mass is 586 g/mol. The zero-order valence-electron chi connectivity index (χ0n) is 25.0. The van der Waals surface area contributed by atoms with Gasteiger partial charge < -0.3 is 43.8 Å². The molecule has 2 rings (SSSR count). The highest BCUT2D eigenvalue weighted by Gasteiger charge is 2.46. The number of hydrogen-bond acceptors (Lipinski definition) is 12. The average molecular weight is 587 g/mol. The number of hydrogen-bond donors (Lipinski definition) is 3. The van der Waals surface area contributed by atoms with Crippen LogP contribution in [0.3, 0.4) is 0 Å². The van der Waals surface area contributed by atoms with Crippen LogP contribution in [0.2, 0.25) is 0 Å². The number of aliphatic imine (C=N–C) groups is 1. The van der Waals surface area contributed by atoms with Gasteiger partial charge in [-0.3, -0.25) is 5.32 Å². The smallest absolute Gasteiger partial charge is 0.480 e. The Morgan fingerprint density at radius 3 is 2.29 bits per heavy atom. The highest BCUT2D eigenvalue weighted by Crippen LogP contribution is 2.31. The molecule has 15 heteroatoms. The minimum atomic E-state index is -0.979. The molecule has 3 N–H and O–H groups in total. The van der Waals surface area contributed by atoms with Crippen LogP contribution in [0.15, 0.2) is 16.8 Å². The second-order valence-electron chi connectivity index (χ2n) is 11.4. The molecule has 2 aliphatic rings. The van der Waals surface area contributed by atoms with E-state index in [4.69, 9.17) is 33.2 Å². The molecule has 5 atom stereocenters. The van der Waals surface area contributed by atoms with Gasteiger partial charge in [0.15, 0.2) is 6.10 Å². The number of guanidine groups is 1. The van der Waals surface area contributed by atoms with Crippen LogP contribution >= 0.6 is 0 Å². The first-order valence-corrected chi connectivity index (χ1v) is 13.2. The average Bonchev–Trinajstić information content (AvgIpc) is 3.26. The van der Waals surface area contributed by atoms with Crippen molar-refractivity contribution >= 4 is 30.3 Å². The molecular weight excluding hydrogens is 544 g/mol. The molecule has 0 saturated carbocycles. The Balaban J connectivity index is 2.44. The molecule has 0 aliphatic carbocycles. The third-order valence-electron chi connectivity index (χ3n) is 5.55. The highest BCUT2D eigenvalue weighted by molar-refractivity contribution is 5.99. The number of likely N-dealkylation sites (N-methyl/N-ethyl adjacent to an activating group) is 1. The molecule has 232 valence electrons. The second-order valence-corrected chi connectivity index (χ2v) is 11.4. The van der Waals surface area contributed by atoms with Gasteiger partial charge in [-0.05, 0) is 54.7 Å². The Labute approximate surface area is 239 Å². The summed E-state index contributed by atoms with van der Waals surface area (Å²) in [7, 11) is 2.94. The Bertz CT molecular complexity index is 1020. The molecule has 1 saturated heterocycles. The summed E-state index contributed by atoms with van der Waals surface area (Å²) in [6.07, 6.45) is -3.88. The van der Waals surface area contributed by atoms with Gasteiger partial charge in [-0.25, -0.2) is 19.2 Å². The van der Waals surface area contributed by atoms with Crippen molar-refractivity contribution in [1.82, 2.24) is 16.0 Å². The van der Waals surface area contributed by atoms with Crippen molar-refractivity contribution in [2.24, 2.45) is 10.9 Å².